The number of rotatable bonds is 2. The van der Waals surface area contributed by atoms with Crippen molar-refractivity contribution in [3.63, 3.8) is 0 Å². The van der Waals surface area contributed by atoms with E-state index in [0.29, 0.717) is 11.1 Å². The summed E-state index contributed by atoms with van der Waals surface area (Å²) in [4.78, 5) is 17.9. The molecule has 0 saturated carbocycles. The first-order valence-corrected chi connectivity index (χ1v) is 6.12. The molecule has 0 aliphatic carbocycles. The minimum Gasteiger partial charge on any atom is -0.334 e. The van der Waals surface area contributed by atoms with Gasteiger partial charge in [-0.2, -0.15) is 13.2 Å². The molecule has 1 aromatic heterocycles. The minimum atomic E-state index is -4.54. The summed E-state index contributed by atoms with van der Waals surface area (Å²) in [6.07, 6.45) is -4.54. The summed E-state index contributed by atoms with van der Waals surface area (Å²) in [6, 6.07) is 12.8. The molecular weight excluding hydrogens is 281 g/mol. The largest absolute Gasteiger partial charge is 0.449 e. The number of ketones is 1. The van der Waals surface area contributed by atoms with Crippen molar-refractivity contribution >= 4 is 16.8 Å². The van der Waals surface area contributed by atoms with Crippen LogP contribution in [0.4, 0.5) is 13.2 Å². The van der Waals surface area contributed by atoms with E-state index in [1.54, 1.807) is 30.3 Å². The molecule has 1 heterocycles. The van der Waals surface area contributed by atoms with Crippen LogP contribution in [0.25, 0.3) is 11.0 Å². The second-order valence-electron chi connectivity index (χ2n) is 4.51. The van der Waals surface area contributed by atoms with Gasteiger partial charge >= 0.3 is 6.18 Å². The summed E-state index contributed by atoms with van der Waals surface area (Å²) in [6.45, 7) is 0. The summed E-state index contributed by atoms with van der Waals surface area (Å²) in [5.41, 5.74) is 1.15. The van der Waals surface area contributed by atoms with E-state index in [2.05, 4.69) is 9.97 Å². The number of carbonyl (C=O) groups is 1. The van der Waals surface area contributed by atoms with E-state index in [4.69, 9.17) is 0 Å². The molecule has 0 radical (unpaired) electrons. The van der Waals surface area contributed by atoms with Gasteiger partial charge in [0, 0.05) is 11.1 Å². The van der Waals surface area contributed by atoms with Crippen LogP contribution in [0.15, 0.2) is 48.5 Å². The van der Waals surface area contributed by atoms with Gasteiger partial charge in [0.1, 0.15) is 0 Å². The molecule has 0 unspecified atom stereocenters. The van der Waals surface area contributed by atoms with Crippen LogP contribution in [-0.2, 0) is 6.18 Å². The smallest absolute Gasteiger partial charge is 0.334 e. The van der Waals surface area contributed by atoms with Crippen molar-refractivity contribution in [1.82, 2.24) is 9.97 Å². The summed E-state index contributed by atoms with van der Waals surface area (Å²) in [7, 11) is 0. The molecule has 21 heavy (non-hydrogen) atoms. The topological polar surface area (TPSA) is 45.8 Å². The molecule has 0 amide bonds. The number of nitrogens with one attached hydrogen (secondary N) is 1. The van der Waals surface area contributed by atoms with Gasteiger partial charge in [-0.15, -0.1) is 0 Å². The summed E-state index contributed by atoms with van der Waals surface area (Å²) in [5.74, 6) is -1.32. The van der Waals surface area contributed by atoms with Gasteiger partial charge in [-0.05, 0) is 18.2 Å². The Kier molecular flexibility index (Phi) is 3.01. The number of alkyl halides is 3. The van der Waals surface area contributed by atoms with Crippen LogP contribution in [0.2, 0.25) is 0 Å². The molecule has 3 rings (SSSR count). The Labute approximate surface area is 117 Å². The maximum absolute atomic E-state index is 12.6. The van der Waals surface area contributed by atoms with Crippen molar-refractivity contribution < 1.29 is 18.0 Å². The monoisotopic (exact) mass is 290 g/mol. The number of halogens is 3. The number of nitrogens with zero attached hydrogens (tertiary/aromatic N) is 1. The molecule has 0 aliphatic rings. The summed E-state index contributed by atoms with van der Waals surface area (Å²) >= 11 is 0. The number of imidazole rings is 1. The van der Waals surface area contributed by atoms with Crippen molar-refractivity contribution in [3.05, 3.63) is 65.5 Å². The Morgan fingerprint density at radius 2 is 1.71 bits per heavy atom. The first-order chi connectivity index (χ1) is 9.95. The van der Waals surface area contributed by atoms with Gasteiger partial charge in [-0.25, -0.2) is 4.98 Å². The van der Waals surface area contributed by atoms with Crippen molar-refractivity contribution in [2.75, 3.05) is 0 Å². The molecule has 3 nitrogen and oxygen atoms in total. The average molecular weight is 290 g/mol. The van der Waals surface area contributed by atoms with E-state index in [9.17, 15) is 18.0 Å². The number of hydrogen-bond acceptors (Lipinski definition) is 2. The molecule has 2 aromatic carbocycles. The number of H-pyrrole nitrogens is 1. The Balaban J connectivity index is 2.03. The van der Waals surface area contributed by atoms with Crippen LogP contribution >= 0.6 is 0 Å². The first kappa shape index (κ1) is 13.4. The lowest BCUT2D eigenvalue weighted by atomic mass is 10.0. The van der Waals surface area contributed by atoms with E-state index in [0.717, 1.165) is 0 Å². The van der Waals surface area contributed by atoms with Crippen molar-refractivity contribution in [2.45, 2.75) is 6.18 Å². The van der Waals surface area contributed by atoms with Crippen molar-refractivity contribution in [3.8, 4) is 0 Å². The van der Waals surface area contributed by atoms with Gasteiger partial charge < -0.3 is 4.98 Å². The van der Waals surface area contributed by atoms with Gasteiger partial charge in [-0.1, -0.05) is 30.3 Å². The quantitative estimate of drug-likeness (QED) is 0.729. The Bertz CT molecular complexity index is 807. The highest BCUT2D eigenvalue weighted by molar-refractivity contribution is 6.10. The summed E-state index contributed by atoms with van der Waals surface area (Å²) < 4.78 is 37.8. The zero-order valence-electron chi connectivity index (χ0n) is 10.6. The predicted octanol–water partition coefficient (Wildman–Crippen LogP) is 3.81. The minimum absolute atomic E-state index is 0.173. The van der Waals surface area contributed by atoms with Crippen LogP contribution in [0, 0.1) is 0 Å². The molecule has 1 N–H and O–H groups in total. The van der Waals surface area contributed by atoms with Gasteiger partial charge in [0.25, 0.3) is 0 Å². The Morgan fingerprint density at radius 3 is 2.38 bits per heavy atom. The van der Waals surface area contributed by atoms with Crippen LogP contribution in [-0.4, -0.2) is 15.8 Å². The molecule has 0 saturated heterocycles. The third-order valence-electron chi connectivity index (χ3n) is 3.05. The number of carbonyl (C=O) groups excluding carboxylic acids is 1. The molecule has 0 spiro atoms. The maximum atomic E-state index is 12.6. The average Bonchev–Trinajstić information content (AvgIpc) is 2.90. The van der Waals surface area contributed by atoms with E-state index >= 15 is 0 Å². The zero-order valence-corrected chi connectivity index (χ0v) is 10.6. The van der Waals surface area contributed by atoms with E-state index in [1.165, 1.54) is 18.2 Å². The normalized spacial score (nSPS) is 11.8. The number of benzene rings is 2. The van der Waals surface area contributed by atoms with Gasteiger partial charge in [-0.3, -0.25) is 4.79 Å². The van der Waals surface area contributed by atoms with Gasteiger partial charge in [0.05, 0.1) is 11.0 Å². The van der Waals surface area contributed by atoms with Gasteiger partial charge in [0.15, 0.2) is 5.78 Å². The summed E-state index contributed by atoms with van der Waals surface area (Å²) in [5, 5.41) is 0. The molecule has 6 heteroatoms. The molecule has 106 valence electrons. The number of aromatic nitrogens is 2. The third-order valence-corrected chi connectivity index (χ3v) is 3.05. The Hall–Kier alpha value is -2.63. The maximum Gasteiger partial charge on any atom is 0.449 e. The highest BCUT2D eigenvalue weighted by Crippen LogP contribution is 2.28. The van der Waals surface area contributed by atoms with Crippen LogP contribution in [0.1, 0.15) is 21.7 Å². The molecule has 0 aliphatic heterocycles. The lowest BCUT2D eigenvalue weighted by Gasteiger charge is -2.00. The Morgan fingerprint density at radius 1 is 1.00 bits per heavy atom. The highest BCUT2D eigenvalue weighted by atomic mass is 19.4. The molecular formula is C15H9F3N2O. The zero-order chi connectivity index (χ0) is 15.0. The molecule has 0 atom stereocenters. The lowest BCUT2D eigenvalue weighted by molar-refractivity contribution is -0.144. The van der Waals surface area contributed by atoms with Crippen LogP contribution < -0.4 is 0 Å². The van der Waals surface area contributed by atoms with E-state index in [-0.39, 0.29) is 16.8 Å². The van der Waals surface area contributed by atoms with Gasteiger partial charge in [0.2, 0.25) is 5.82 Å². The fourth-order valence-corrected chi connectivity index (χ4v) is 2.04. The fourth-order valence-electron chi connectivity index (χ4n) is 2.04. The number of fused-ring (bicyclic) bond motifs is 1. The van der Waals surface area contributed by atoms with Crippen LogP contribution in [0.5, 0.6) is 0 Å². The van der Waals surface area contributed by atoms with E-state index < -0.39 is 12.0 Å². The second-order valence-corrected chi connectivity index (χ2v) is 4.51. The highest BCUT2D eigenvalue weighted by Gasteiger charge is 2.34. The molecule has 3 aromatic rings. The first-order valence-electron chi connectivity index (χ1n) is 6.12. The molecule has 0 fully saturated rings. The standard InChI is InChI=1S/C15H9F3N2O/c16-15(17,18)14-19-11-7-6-10(8-12(11)20-14)13(21)9-4-2-1-3-5-9/h1-8H,(H,19,20). The lowest BCUT2D eigenvalue weighted by Crippen LogP contribution is -2.06. The predicted molar refractivity (Wildman–Crippen MR) is 71.0 cm³/mol. The SMILES string of the molecule is O=C(c1ccccc1)c1ccc2nc(C(F)(F)F)[nH]c2c1. The van der Waals surface area contributed by atoms with Crippen LogP contribution in [0.3, 0.4) is 0 Å². The number of hydrogen-bond donors (Lipinski definition) is 1. The number of aromatic amines is 1. The van der Waals surface area contributed by atoms with E-state index in [1.807, 2.05) is 0 Å². The van der Waals surface area contributed by atoms with Crippen molar-refractivity contribution in [1.29, 1.82) is 0 Å². The van der Waals surface area contributed by atoms with Crippen molar-refractivity contribution in [2.24, 2.45) is 0 Å². The third kappa shape index (κ3) is 2.52. The second kappa shape index (κ2) is 4.73. The molecule has 0 bridgehead atoms. The fraction of sp³-hybridized carbons (Fsp3) is 0.0667.